The molecule has 4 heterocycles. The van der Waals surface area contributed by atoms with E-state index in [4.69, 9.17) is 15.2 Å². The van der Waals surface area contributed by atoms with Crippen LogP contribution in [0.15, 0.2) is 12.7 Å². The Morgan fingerprint density at radius 2 is 1.64 bits per heavy atom. The number of nitrogens with two attached hydrogens (primary N) is 1. The van der Waals surface area contributed by atoms with Crippen LogP contribution in [0.3, 0.4) is 0 Å². The molecule has 0 radical (unpaired) electrons. The predicted octanol–water partition coefficient (Wildman–Crippen LogP) is -3.14. The number of anilines is 1. The summed E-state index contributed by atoms with van der Waals surface area (Å²) in [7, 11) is -10.7. The number of ether oxygens (including phenoxy) is 2. The van der Waals surface area contributed by atoms with E-state index in [1.54, 1.807) is 0 Å². The number of imidazole rings is 1. The van der Waals surface area contributed by atoms with Crippen LogP contribution in [0.2, 0.25) is 0 Å². The standard InChI is InChI=1S/C17H26N6O14P2/c1-6(24)22-9-11(25)7(36-17(9)28)2-33-38(29,30)37-39(31,32)34-3-8-12(26)13(27)16(35-8)23-5-21-10-14(18)19-4-20-15(10)23/h4-5,7-9,11-13,16-17,25-28H,2-3H2,1H3,(H,22,24)(H,29,30)(H,31,32)(H2,18,19,20)/t7-,8-,9+,11?,12?,13?,16-,17?/m1/s1. The number of aromatic nitrogens is 4. The summed E-state index contributed by atoms with van der Waals surface area (Å²) in [5, 5.41) is 42.9. The summed E-state index contributed by atoms with van der Waals surface area (Å²) in [4.78, 5) is 42.7. The molecule has 2 saturated heterocycles. The Morgan fingerprint density at radius 3 is 2.26 bits per heavy atom. The van der Waals surface area contributed by atoms with Crippen LogP contribution in [-0.2, 0) is 36.8 Å². The van der Waals surface area contributed by atoms with Crippen molar-refractivity contribution in [1.82, 2.24) is 24.8 Å². The lowest BCUT2D eigenvalue weighted by atomic mass is 10.1. The predicted molar refractivity (Wildman–Crippen MR) is 123 cm³/mol. The highest BCUT2D eigenvalue weighted by molar-refractivity contribution is 7.61. The maximum absolute atomic E-state index is 12.3. The van der Waals surface area contributed by atoms with Gasteiger partial charge in [0.1, 0.15) is 48.4 Å². The molecule has 10 atom stereocenters. The molecule has 218 valence electrons. The van der Waals surface area contributed by atoms with Crippen LogP contribution in [-0.4, -0.2) is 112 Å². The molecular formula is C17H26N6O14P2. The quantitative estimate of drug-likeness (QED) is 0.125. The highest BCUT2D eigenvalue weighted by atomic mass is 31.3. The van der Waals surface area contributed by atoms with Crippen LogP contribution >= 0.6 is 15.6 Å². The smallest absolute Gasteiger partial charge is 0.388 e. The number of rotatable bonds is 10. The number of hydrogen-bond acceptors (Lipinski definition) is 16. The van der Waals surface area contributed by atoms with Gasteiger partial charge in [0.05, 0.1) is 19.5 Å². The molecule has 0 saturated carbocycles. The van der Waals surface area contributed by atoms with Gasteiger partial charge in [-0.15, -0.1) is 0 Å². The van der Waals surface area contributed by atoms with E-state index in [9.17, 15) is 44.1 Å². The number of phosphoric ester groups is 2. The van der Waals surface area contributed by atoms with Gasteiger partial charge in [0.25, 0.3) is 0 Å². The van der Waals surface area contributed by atoms with Gasteiger partial charge in [0.2, 0.25) is 5.91 Å². The van der Waals surface area contributed by atoms with Crippen molar-refractivity contribution in [3.63, 3.8) is 0 Å². The monoisotopic (exact) mass is 600 g/mol. The number of amides is 1. The van der Waals surface area contributed by atoms with Crippen molar-refractivity contribution in [2.24, 2.45) is 0 Å². The van der Waals surface area contributed by atoms with Crippen molar-refractivity contribution in [3.05, 3.63) is 12.7 Å². The van der Waals surface area contributed by atoms with Crippen LogP contribution in [0.5, 0.6) is 0 Å². The van der Waals surface area contributed by atoms with Gasteiger partial charge in [0, 0.05) is 6.92 Å². The minimum absolute atomic E-state index is 0.0541. The molecule has 2 aromatic rings. The van der Waals surface area contributed by atoms with Crippen LogP contribution < -0.4 is 11.1 Å². The molecule has 39 heavy (non-hydrogen) atoms. The molecule has 2 aliphatic heterocycles. The maximum Gasteiger partial charge on any atom is 0.481 e. The molecule has 20 nitrogen and oxygen atoms in total. The van der Waals surface area contributed by atoms with E-state index in [2.05, 4.69) is 33.6 Å². The summed E-state index contributed by atoms with van der Waals surface area (Å²) in [6.07, 6.45) is -8.18. The van der Waals surface area contributed by atoms with E-state index in [0.717, 1.165) is 13.3 Å². The van der Waals surface area contributed by atoms with Crippen LogP contribution in [0, 0.1) is 0 Å². The first-order chi connectivity index (χ1) is 18.2. The fourth-order valence-electron chi connectivity index (χ4n) is 3.94. The highest BCUT2D eigenvalue weighted by Gasteiger charge is 2.47. The molecule has 22 heteroatoms. The van der Waals surface area contributed by atoms with Gasteiger partial charge in [-0.25, -0.2) is 24.1 Å². The zero-order valence-corrected chi connectivity index (χ0v) is 21.7. The second-order valence-corrected chi connectivity index (χ2v) is 11.6. The number of hydrogen-bond donors (Lipinski definition) is 8. The minimum atomic E-state index is -5.33. The lowest BCUT2D eigenvalue weighted by Crippen LogP contribution is -2.47. The molecule has 2 fully saturated rings. The van der Waals surface area contributed by atoms with Crippen molar-refractivity contribution in [1.29, 1.82) is 0 Å². The molecule has 0 aliphatic carbocycles. The number of aliphatic hydroxyl groups is 4. The molecule has 9 N–H and O–H groups in total. The molecule has 0 aromatic carbocycles. The Hall–Kier alpha value is -2.16. The number of phosphoric acid groups is 2. The number of nitrogen functional groups attached to an aromatic ring is 1. The first kappa shape index (κ1) is 29.8. The summed E-state index contributed by atoms with van der Waals surface area (Å²) in [6.45, 7) is -0.659. The molecular weight excluding hydrogens is 574 g/mol. The average molecular weight is 600 g/mol. The molecule has 0 bridgehead atoms. The van der Waals surface area contributed by atoms with Gasteiger partial charge in [-0.3, -0.25) is 18.4 Å². The third-order valence-corrected chi connectivity index (χ3v) is 8.35. The number of carbonyl (C=O) groups is 1. The number of nitrogens with zero attached hydrogens (tertiary/aromatic N) is 4. The molecule has 0 spiro atoms. The number of fused-ring (bicyclic) bond motifs is 1. The Morgan fingerprint density at radius 1 is 1.03 bits per heavy atom. The Balaban J connectivity index is 1.32. The maximum atomic E-state index is 12.3. The van der Waals surface area contributed by atoms with E-state index < -0.39 is 83.8 Å². The fourth-order valence-corrected chi connectivity index (χ4v) is 6.03. The second-order valence-electron chi connectivity index (χ2n) is 8.52. The number of nitrogens with one attached hydrogen (secondary N) is 1. The van der Waals surface area contributed by atoms with E-state index in [1.807, 2.05) is 0 Å². The highest BCUT2D eigenvalue weighted by Crippen LogP contribution is 2.60. The van der Waals surface area contributed by atoms with E-state index in [-0.39, 0.29) is 17.0 Å². The van der Waals surface area contributed by atoms with Gasteiger partial charge in [-0.05, 0) is 0 Å². The average Bonchev–Trinajstić information content (AvgIpc) is 3.47. The van der Waals surface area contributed by atoms with Gasteiger partial charge >= 0.3 is 15.6 Å². The Bertz CT molecular complexity index is 1300. The Kier molecular flexibility index (Phi) is 8.70. The number of aliphatic hydroxyl groups excluding tert-OH is 4. The van der Waals surface area contributed by atoms with E-state index >= 15 is 0 Å². The lowest BCUT2D eigenvalue weighted by molar-refractivity contribution is -0.126. The number of carbonyl (C=O) groups excluding carboxylic acids is 1. The summed E-state index contributed by atoms with van der Waals surface area (Å²) in [5.74, 6) is -0.538. The normalized spacial score (nSPS) is 34.1. The largest absolute Gasteiger partial charge is 0.481 e. The van der Waals surface area contributed by atoms with Gasteiger partial charge in [0.15, 0.2) is 24.0 Å². The van der Waals surface area contributed by atoms with Crippen molar-refractivity contribution in [2.45, 2.75) is 56.0 Å². The van der Waals surface area contributed by atoms with Crippen molar-refractivity contribution in [2.75, 3.05) is 18.9 Å². The zero-order valence-electron chi connectivity index (χ0n) is 19.9. The van der Waals surface area contributed by atoms with Crippen LogP contribution in [0.1, 0.15) is 13.2 Å². The molecule has 1 amide bonds. The molecule has 2 aromatic heterocycles. The molecule has 2 aliphatic rings. The molecule has 6 unspecified atom stereocenters. The van der Waals surface area contributed by atoms with Gasteiger partial charge in [-0.2, -0.15) is 4.31 Å². The van der Waals surface area contributed by atoms with Gasteiger partial charge in [-0.1, -0.05) is 0 Å². The zero-order chi connectivity index (χ0) is 28.7. The Labute approximate surface area is 218 Å². The van der Waals surface area contributed by atoms with Crippen LogP contribution in [0.25, 0.3) is 11.2 Å². The van der Waals surface area contributed by atoms with Crippen molar-refractivity contribution < 1.29 is 67.0 Å². The van der Waals surface area contributed by atoms with E-state index in [0.29, 0.717) is 0 Å². The third-order valence-electron chi connectivity index (χ3n) is 5.75. The lowest BCUT2D eigenvalue weighted by Gasteiger charge is -2.21. The summed E-state index contributed by atoms with van der Waals surface area (Å²) >= 11 is 0. The van der Waals surface area contributed by atoms with E-state index in [1.165, 1.54) is 10.9 Å². The SMILES string of the molecule is CC(=O)N[C@@H]1C(O)O[C@H](COP(=O)(O)OP(=O)(O)OC[C@H]2O[C@@H](n3cnc4c(N)ncnc43)C(O)C2O)C1O. The fraction of sp³-hybridized carbons (Fsp3) is 0.647. The van der Waals surface area contributed by atoms with Crippen LogP contribution in [0.4, 0.5) is 5.82 Å². The summed E-state index contributed by atoms with van der Waals surface area (Å²) < 4.78 is 49.6. The third kappa shape index (κ3) is 6.60. The second kappa shape index (κ2) is 11.4. The summed E-state index contributed by atoms with van der Waals surface area (Å²) in [6, 6.07) is -1.26. The first-order valence-corrected chi connectivity index (χ1v) is 14.1. The van der Waals surface area contributed by atoms with Crippen molar-refractivity contribution in [3.8, 4) is 0 Å². The van der Waals surface area contributed by atoms with Gasteiger partial charge < -0.3 is 50.7 Å². The summed E-state index contributed by atoms with van der Waals surface area (Å²) in [5.41, 5.74) is 6.09. The first-order valence-electron chi connectivity index (χ1n) is 11.1. The minimum Gasteiger partial charge on any atom is -0.388 e. The molecule has 4 rings (SSSR count). The van der Waals surface area contributed by atoms with Crippen molar-refractivity contribution >= 4 is 38.5 Å². The topological polar surface area (TPSA) is 300 Å².